The zero-order chi connectivity index (χ0) is 18.9. The summed E-state index contributed by atoms with van der Waals surface area (Å²) in [6.45, 7) is 8.50. The minimum atomic E-state index is 0.257. The third-order valence-corrected chi connectivity index (χ3v) is 5.40. The second-order valence-electron chi connectivity index (χ2n) is 7.23. The Balaban J connectivity index is 1.32. The maximum atomic E-state index is 12.5. The summed E-state index contributed by atoms with van der Waals surface area (Å²) in [6, 6.07) is 10.3. The van der Waals surface area contributed by atoms with E-state index in [0.717, 1.165) is 71.9 Å². The third kappa shape index (κ3) is 6.19. The number of piperazine rings is 2. The van der Waals surface area contributed by atoms with Crippen LogP contribution in [-0.2, 0) is 9.59 Å². The van der Waals surface area contributed by atoms with Crippen LogP contribution in [0, 0.1) is 0 Å². The van der Waals surface area contributed by atoms with Crippen LogP contribution in [0.2, 0.25) is 0 Å². The Morgan fingerprint density at radius 3 is 2.22 bits per heavy atom. The van der Waals surface area contributed by atoms with Crippen LogP contribution in [0.15, 0.2) is 36.4 Å². The highest BCUT2D eigenvalue weighted by Gasteiger charge is 2.22. The van der Waals surface area contributed by atoms with E-state index in [1.165, 1.54) is 5.56 Å². The monoisotopic (exact) mass is 370 g/mol. The van der Waals surface area contributed by atoms with Crippen LogP contribution in [0.4, 0.5) is 0 Å². The molecule has 2 aliphatic rings. The summed E-state index contributed by atoms with van der Waals surface area (Å²) in [5, 5.41) is 0. The first-order valence-electron chi connectivity index (χ1n) is 9.88. The predicted molar refractivity (Wildman–Crippen MR) is 107 cm³/mol. The van der Waals surface area contributed by atoms with E-state index in [-0.39, 0.29) is 5.91 Å². The van der Waals surface area contributed by atoms with Crippen molar-refractivity contribution in [1.29, 1.82) is 0 Å². The van der Waals surface area contributed by atoms with Crippen molar-refractivity contribution in [3.05, 3.63) is 42.0 Å². The number of carbonyl (C=O) groups excluding carboxylic acids is 2. The lowest BCUT2D eigenvalue weighted by molar-refractivity contribution is -0.133. The van der Waals surface area contributed by atoms with E-state index in [1.54, 1.807) is 4.90 Å². The Morgan fingerprint density at radius 2 is 1.56 bits per heavy atom. The number of hydrogen-bond acceptors (Lipinski definition) is 4. The highest BCUT2D eigenvalue weighted by atomic mass is 16.2. The van der Waals surface area contributed by atoms with Crippen LogP contribution in [0.3, 0.4) is 0 Å². The summed E-state index contributed by atoms with van der Waals surface area (Å²) < 4.78 is 0. The van der Waals surface area contributed by atoms with Gasteiger partial charge in [-0.1, -0.05) is 42.5 Å². The minimum Gasteiger partial charge on any atom is -0.343 e. The van der Waals surface area contributed by atoms with E-state index >= 15 is 0 Å². The fourth-order valence-electron chi connectivity index (χ4n) is 3.59. The smallest absolute Gasteiger partial charge is 0.223 e. The minimum absolute atomic E-state index is 0.257. The Bertz CT molecular complexity index is 618. The van der Waals surface area contributed by atoms with Gasteiger partial charge in [0.25, 0.3) is 0 Å². The Kier molecular flexibility index (Phi) is 7.42. The standard InChI is InChI=1S/C21H30N4O2/c26-19-24-13-11-23(12-14-24)10-8-21(27)25-17-15-22(16-18-25)9-4-7-20-5-2-1-3-6-20/h1-7,19H,8-18H2/b7-4+. The van der Waals surface area contributed by atoms with Crippen molar-refractivity contribution in [2.75, 3.05) is 65.4 Å². The average molecular weight is 370 g/mol. The first kappa shape index (κ1) is 19.6. The van der Waals surface area contributed by atoms with Gasteiger partial charge >= 0.3 is 0 Å². The number of carbonyl (C=O) groups is 2. The van der Waals surface area contributed by atoms with Crippen molar-refractivity contribution in [3.63, 3.8) is 0 Å². The van der Waals surface area contributed by atoms with Crippen molar-refractivity contribution in [2.24, 2.45) is 0 Å². The SMILES string of the molecule is O=CN1CCN(CCC(=O)N2CCN(C/C=C/c3ccccc3)CC2)CC1. The molecule has 0 atom stereocenters. The van der Waals surface area contributed by atoms with Crippen molar-refractivity contribution in [2.45, 2.75) is 6.42 Å². The number of nitrogens with zero attached hydrogens (tertiary/aromatic N) is 4. The van der Waals surface area contributed by atoms with Crippen LogP contribution in [0.25, 0.3) is 6.08 Å². The van der Waals surface area contributed by atoms with Gasteiger partial charge in [0, 0.05) is 71.9 Å². The van der Waals surface area contributed by atoms with Gasteiger partial charge in [-0.3, -0.25) is 19.4 Å². The topological polar surface area (TPSA) is 47.1 Å². The molecule has 0 aliphatic carbocycles. The van der Waals surface area contributed by atoms with E-state index in [4.69, 9.17) is 0 Å². The molecule has 2 amide bonds. The van der Waals surface area contributed by atoms with Gasteiger partial charge in [0.2, 0.25) is 12.3 Å². The van der Waals surface area contributed by atoms with Gasteiger partial charge in [0.15, 0.2) is 0 Å². The number of benzene rings is 1. The second kappa shape index (κ2) is 10.2. The van der Waals surface area contributed by atoms with Gasteiger partial charge in [0.05, 0.1) is 0 Å². The van der Waals surface area contributed by atoms with Crippen molar-refractivity contribution in [1.82, 2.24) is 19.6 Å². The van der Waals surface area contributed by atoms with E-state index in [9.17, 15) is 9.59 Å². The molecular weight excluding hydrogens is 340 g/mol. The van der Waals surface area contributed by atoms with Crippen LogP contribution >= 0.6 is 0 Å². The Hall–Kier alpha value is -2.18. The molecule has 0 bridgehead atoms. The second-order valence-corrected chi connectivity index (χ2v) is 7.23. The Labute approximate surface area is 162 Å². The molecule has 1 aromatic carbocycles. The van der Waals surface area contributed by atoms with E-state index in [2.05, 4.69) is 34.1 Å². The molecule has 0 radical (unpaired) electrons. The van der Waals surface area contributed by atoms with E-state index in [1.807, 2.05) is 23.1 Å². The van der Waals surface area contributed by atoms with Gasteiger partial charge in [-0.2, -0.15) is 0 Å². The van der Waals surface area contributed by atoms with Crippen LogP contribution in [0.5, 0.6) is 0 Å². The summed E-state index contributed by atoms with van der Waals surface area (Å²) in [5.74, 6) is 0.257. The average Bonchev–Trinajstić information content (AvgIpc) is 2.73. The number of hydrogen-bond donors (Lipinski definition) is 0. The largest absolute Gasteiger partial charge is 0.343 e. The number of rotatable bonds is 7. The molecule has 0 spiro atoms. The molecule has 2 heterocycles. The molecule has 0 aromatic heterocycles. The first-order chi connectivity index (χ1) is 13.2. The molecule has 1 aromatic rings. The van der Waals surface area contributed by atoms with Gasteiger partial charge in [-0.25, -0.2) is 0 Å². The molecule has 0 unspecified atom stereocenters. The number of amides is 2. The normalized spacial score (nSPS) is 19.6. The fraction of sp³-hybridized carbons (Fsp3) is 0.524. The third-order valence-electron chi connectivity index (χ3n) is 5.40. The molecule has 2 saturated heterocycles. The van der Waals surface area contributed by atoms with Crippen LogP contribution in [0.1, 0.15) is 12.0 Å². The van der Waals surface area contributed by atoms with Crippen molar-refractivity contribution >= 4 is 18.4 Å². The molecule has 6 nitrogen and oxygen atoms in total. The highest BCUT2D eigenvalue weighted by Crippen LogP contribution is 2.07. The summed E-state index contributed by atoms with van der Waals surface area (Å²) >= 11 is 0. The summed E-state index contributed by atoms with van der Waals surface area (Å²) in [5.41, 5.74) is 1.22. The van der Waals surface area contributed by atoms with E-state index < -0.39 is 0 Å². The quantitative estimate of drug-likeness (QED) is 0.672. The van der Waals surface area contributed by atoms with Gasteiger partial charge in [-0.15, -0.1) is 0 Å². The fourth-order valence-corrected chi connectivity index (χ4v) is 3.59. The molecule has 0 saturated carbocycles. The zero-order valence-corrected chi connectivity index (χ0v) is 16.0. The lowest BCUT2D eigenvalue weighted by Gasteiger charge is -2.35. The van der Waals surface area contributed by atoms with Gasteiger partial charge < -0.3 is 9.80 Å². The predicted octanol–water partition coefficient (Wildman–Crippen LogP) is 1.01. The van der Waals surface area contributed by atoms with Crippen LogP contribution < -0.4 is 0 Å². The summed E-state index contributed by atoms with van der Waals surface area (Å²) in [4.78, 5) is 31.7. The highest BCUT2D eigenvalue weighted by molar-refractivity contribution is 5.76. The molecule has 2 aliphatic heterocycles. The van der Waals surface area contributed by atoms with E-state index in [0.29, 0.717) is 6.42 Å². The first-order valence-corrected chi connectivity index (χ1v) is 9.88. The maximum Gasteiger partial charge on any atom is 0.223 e. The Morgan fingerprint density at radius 1 is 0.889 bits per heavy atom. The molecule has 2 fully saturated rings. The van der Waals surface area contributed by atoms with Gasteiger partial charge in [0.1, 0.15) is 0 Å². The summed E-state index contributed by atoms with van der Waals surface area (Å²) in [7, 11) is 0. The molecular formula is C21H30N4O2. The lowest BCUT2D eigenvalue weighted by Crippen LogP contribution is -2.50. The van der Waals surface area contributed by atoms with Crippen molar-refractivity contribution < 1.29 is 9.59 Å². The summed E-state index contributed by atoms with van der Waals surface area (Å²) in [6.07, 6.45) is 5.85. The molecule has 3 rings (SSSR count). The van der Waals surface area contributed by atoms with Crippen molar-refractivity contribution in [3.8, 4) is 0 Å². The molecule has 27 heavy (non-hydrogen) atoms. The zero-order valence-electron chi connectivity index (χ0n) is 16.0. The molecule has 6 heteroatoms. The lowest BCUT2D eigenvalue weighted by atomic mass is 10.2. The van der Waals surface area contributed by atoms with Crippen LogP contribution in [-0.4, -0.2) is 97.4 Å². The molecule has 146 valence electrons. The molecule has 0 N–H and O–H groups in total. The van der Waals surface area contributed by atoms with Gasteiger partial charge in [-0.05, 0) is 5.56 Å². The maximum absolute atomic E-state index is 12.5.